The van der Waals surface area contributed by atoms with Crippen LogP contribution in [0.15, 0.2) is 38.0 Å². The molecule has 0 amide bonds. The molecule has 0 fully saturated rings. The second kappa shape index (κ2) is 12.3. The number of unbranched alkanes of at least 4 members (excludes halogenated alkanes) is 1. The lowest BCUT2D eigenvalue weighted by atomic mass is 10.4. The fourth-order valence-corrected chi connectivity index (χ4v) is 2.73. The second-order valence-corrected chi connectivity index (χ2v) is 6.15. The van der Waals surface area contributed by atoms with Gasteiger partial charge in [-0.1, -0.05) is 33.1 Å². The van der Waals surface area contributed by atoms with Crippen LogP contribution < -0.4 is 0 Å². The molecule has 0 saturated carbocycles. The Labute approximate surface area is 144 Å². The van der Waals surface area contributed by atoms with Crippen molar-refractivity contribution in [3.8, 4) is 0 Å². The van der Waals surface area contributed by atoms with E-state index in [4.69, 9.17) is 18.6 Å². The highest BCUT2D eigenvalue weighted by Crippen LogP contribution is 2.24. The van der Waals surface area contributed by atoms with Crippen molar-refractivity contribution < 1.29 is 33.0 Å². The molecule has 0 aliphatic carbocycles. The number of esters is 3. The van der Waals surface area contributed by atoms with Gasteiger partial charge in [0.15, 0.2) is 9.76 Å². The first-order chi connectivity index (χ1) is 11.4. The summed E-state index contributed by atoms with van der Waals surface area (Å²) in [6.45, 7) is 12.5. The van der Waals surface area contributed by atoms with Crippen LogP contribution in [0.2, 0.25) is 6.04 Å². The molecule has 0 unspecified atom stereocenters. The number of hydrogen-bond donors (Lipinski definition) is 0. The van der Waals surface area contributed by atoms with E-state index in [0.717, 1.165) is 31.1 Å². The SMILES string of the molecule is C=CC(=O)OC(CC[SiH2]OCCCC)(OC(=O)C=C)OC(=O)C=C. The maximum absolute atomic E-state index is 11.5. The number of rotatable bonds is 13. The number of carbonyl (C=O) groups excluding carboxylic acids is 3. The minimum Gasteiger partial charge on any atom is -0.424 e. The minimum absolute atomic E-state index is 0.0515. The molecule has 0 aliphatic heterocycles. The van der Waals surface area contributed by atoms with Crippen LogP contribution in [0, 0.1) is 0 Å². The number of carbonyl (C=O) groups is 3. The Bertz CT molecular complexity index is 418. The summed E-state index contributed by atoms with van der Waals surface area (Å²) in [5.41, 5.74) is 0. The smallest absolute Gasteiger partial charge is 0.423 e. The van der Waals surface area contributed by atoms with E-state index in [1.165, 1.54) is 0 Å². The molecule has 0 atom stereocenters. The summed E-state index contributed by atoms with van der Waals surface area (Å²) < 4.78 is 20.5. The monoisotopic (exact) mass is 356 g/mol. The third kappa shape index (κ3) is 9.06. The normalized spacial score (nSPS) is 10.9. The molecule has 0 saturated heterocycles. The lowest BCUT2D eigenvalue weighted by Crippen LogP contribution is -2.44. The highest BCUT2D eigenvalue weighted by atomic mass is 28.2. The molecule has 0 spiro atoms. The molecule has 0 bridgehead atoms. The third-order valence-electron chi connectivity index (χ3n) is 2.68. The lowest BCUT2D eigenvalue weighted by molar-refractivity contribution is -0.325. The zero-order chi connectivity index (χ0) is 18.4. The van der Waals surface area contributed by atoms with E-state index in [0.29, 0.717) is 12.7 Å². The van der Waals surface area contributed by atoms with Gasteiger partial charge < -0.3 is 18.6 Å². The zero-order valence-electron chi connectivity index (χ0n) is 14.0. The van der Waals surface area contributed by atoms with Gasteiger partial charge in [-0.3, -0.25) is 0 Å². The summed E-state index contributed by atoms with van der Waals surface area (Å²) in [4.78, 5) is 34.6. The van der Waals surface area contributed by atoms with E-state index in [1.807, 2.05) is 6.92 Å². The van der Waals surface area contributed by atoms with Crippen molar-refractivity contribution in [3.63, 3.8) is 0 Å². The fourth-order valence-electron chi connectivity index (χ4n) is 1.54. The molecule has 0 aromatic heterocycles. The van der Waals surface area contributed by atoms with Gasteiger partial charge in [0.25, 0.3) is 0 Å². The molecule has 24 heavy (non-hydrogen) atoms. The highest BCUT2D eigenvalue weighted by molar-refractivity contribution is 6.27. The van der Waals surface area contributed by atoms with Gasteiger partial charge in [-0.2, -0.15) is 0 Å². The third-order valence-corrected chi connectivity index (χ3v) is 3.90. The summed E-state index contributed by atoms with van der Waals surface area (Å²) >= 11 is 0. The number of hydrogen-bond acceptors (Lipinski definition) is 7. The van der Waals surface area contributed by atoms with Gasteiger partial charge in [-0.05, 0) is 12.5 Å². The van der Waals surface area contributed by atoms with Crippen LogP contribution in [0.25, 0.3) is 0 Å². The van der Waals surface area contributed by atoms with E-state index in [2.05, 4.69) is 19.7 Å². The second-order valence-electron chi connectivity index (χ2n) is 4.63. The van der Waals surface area contributed by atoms with Crippen LogP contribution in [0.4, 0.5) is 0 Å². The number of ether oxygens (including phenoxy) is 3. The van der Waals surface area contributed by atoms with Gasteiger partial charge in [-0.25, -0.2) is 14.4 Å². The summed E-state index contributed by atoms with van der Waals surface area (Å²) in [5, 5.41) is 0. The standard InChI is InChI=1S/C16H24O7Si/c1-5-9-11-20-24-12-10-16(21-13(17)6-2,22-14(18)7-3)23-15(19)8-4/h6-8H,2-5,9-12,24H2,1H3. The minimum atomic E-state index is -2.19. The van der Waals surface area contributed by atoms with Gasteiger partial charge >= 0.3 is 23.9 Å². The van der Waals surface area contributed by atoms with Crippen LogP contribution in [0.1, 0.15) is 26.2 Å². The molecule has 0 N–H and O–H groups in total. The van der Waals surface area contributed by atoms with Crippen LogP contribution in [-0.4, -0.2) is 40.3 Å². The predicted molar refractivity (Wildman–Crippen MR) is 90.4 cm³/mol. The van der Waals surface area contributed by atoms with E-state index < -0.39 is 33.6 Å². The van der Waals surface area contributed by atoms with Crippen molar-refractivity contribution in [3.05, 3.63) is 38.0 Å². The molecule has 0 radical (unpaired) electrons. The largest absolute Gasteiger partial charge is 0.424 e. The first-order valence-electron chi connectivity index (χ1n) is 7.57. The van der Waals surface area contributed by atoms with E-state index in [9.17, 15) is 14.4 Å². The van der Waals surface area contributed by atoms with Crippen molar-refractivity contribution in [2.75, 3.05) is 6.61 Å². The highest BCUT2D eigenvalue weighted by Gasteiger charge is 2.42. The summed E-state index contributed by atoms with van der Waals surface area (Å²) in [5.74, 6) is -4.91. The molecule has 8 heteroatoms. The predicted octanol–water partition coefficient (Wildman–Crippen LogP) is 1.54. The lowest BCUT2D eigenvalue weighted by Gasteiger charge is -2.30. The maximum atomic E-state index is 11.5. The van der Waals surface area contributed by atoms with Gasteiger partial charge in [0.05, 0.1) is 6.42 Å². The van der Waals surface area contributed by atoms with Crippen molar-refractivity contribution >= 4 is 27.7 Å². The van der Waals surface area contributed by atoms with Crippen molar-refractivity contribution in [1.29, 1.82) is 0 Å². The molecule has 134 valence electrons. The topological polar surface area (TPSA) is 88.1 Å². The van der Waals surface area contributed by atoms with Gasteiger partial charge in [-0.15, -0.1) is 0 Å². The molecule has 7 nitrogen and oxygen atoms in total. The molecule has 0 aromatic carbocycles. The fraction of sp³-hybridized carbons (Fsp3) is 0.438. The maximum Gasteiger partial charge on any atom is 0.423 e. The molecule has 0 aromatic rings. The Kier molecular flexibility index (Phi) is 11.1. The molecule has 0 heterocycles. The quantitative estimate of drug-likeness (QED) is 0.163. The zero-order valence-corrected chi connectivity index (χ0v) is 15.4. The summed E-state index contributed by atoms with van der Waals surface area (Å²) in [7, 11) is -0.961. The van der Waals surface area contributed by atoms with Gasteiger partial charge in [0, 0.05) is 24.8 Å². The molecular formula is C16H24O7Si. The Hall–Kier alpha value is -2.19. The first-order valence-corrected chi connectivity index (χ1v) is 9.14. The van der Waals surface area contributed by atoms with Crippen molar-refractivity contribution in [1.82, 2.24) is 0 Å². The Morgan fingerprint density at radius 3 is 1.79 bits per heavy atom. The van der Waals surface area contributed by atoms with Crippen molar-refractivity contribution in [2.24, 2.45) is 0 Å². The summed E-state index contributed by atoms with van der Waals surface area (Å²) in [6, 6.07) is 0.447. The van der Waals surface area contributed by atoms with Crippen LogP contribution in [0.3, 0.4) is 0 Å². The van der Waals surface area contributed by atoms with E-state index in [1.54, 1.807) is 0 Å². The van der Waals surface area contributed by atoms with Crippen LogP contribution in [-0.2, 0) is 33.0 Å². The van der Waals surface area contributed by atoms with E-state index in [-0.39, 0.29) is 6.42 Å². The Morgan fingerprint density at radius 1 is 0.958 bits per heavy atom. The van der Waals surface area contributed by atoms with Gasteiger partial charge in [0.2, 0.25) is 0 Å². The molecule has 0 aliphatic rings. The molecule has 0 rings (SSSR count). The first kappa shape index (κ1) is 21.8. The molecular weight excluding hydrogens is 332 g/mol. The Morgan fingerprint density at radius 2 is 1.42 bits per heavy atom. The van der Waals surface area contributed by atoms with Crippen LogP contribution in [0.5, 0.6) is 0 Å². The van der Waals surface area contributed by atoms with Crippen LogP contribution >= 0.6 is 0 Å². The average molecular weight is 356 g/mol. The Balaban J connectivity index is 5.06. The van der Waals surface area contributed by atoms with Crippen molar-refractivity contribution in [2.45, 2.75) is 38.2 Å². The average Bonchev–Trinajstić information content (AvgIpc) is 2.57. The van der Waals surface area contributed by atoms with Gasteiger partial charge in [0.1, 0.15) is 0 Å². The summed E-state index contributed by atoms with van der Waals surface area (Å²) in [6.07, 6.45) is 4.52. The van der Waals surface area contributed by atoms with E-state index >= 15 is 0 Å².